The number of benzene rings is 1. The van der Waals surface area contributed by atoms with E-state index in [0.29, 0.717) is 16.4 Å². The molecule has 3 rings (SSSR count). The van der Waals surface area contributed by atoms with Gasteiger partial charge in [0.2, 0.25) is 5.91 Å². The van der Waals surface area contributed by atoms with Gasteiger partial charge in [-0.2, -0.15) is 0 Å². The normalized spacial score (nSPS) is 23.2. The van der Waals surface area contributed by atoms with Crippen LogP contribution in [0.4, 0.5) is 0 Å². The highest BCUT2D eigenvalue weighted by molar-refractivity contribution is 9.10. The number of halogens is 1. The van der Waals surface area contributed by atoms with Crippen molar-refractivity contribution in [2.24, 2.45) is 4.99 Å². The van der Waals surface area contributed by atoms with E-state index in [4.69, 9.17) is 4.74 Å². The molecule has 0 N–H and O–H groups in total. The van der Waals surface area contributed by atoms with Crippen LogP contribution in [0, 0.1) is 0 Å². The molecule has 0 radical (unpaired) electrons. The number of hydrogen-bond acceptors (Lipinski definition) is 5. The molecule has 5 nitrogen and oxygen atoms in total. The first-order chi connectivity index (χ1) is 11.4. The van der Waals surface area contributed by atoms with E-state index in [2.05, 4.69) is 20.9 Å². The average Bonchev–Trinajstić information content (AvgIpc) is 2.81. The van der Waals surface area contributed by atoms with Gasteiger partial charge in [0.05, 0.1) is 29.2 Å². The van der Waals surface area contributed by atoms with Gasteiger partial charge in [0.25, 0.3) is 0 Å². The molecule has 0 spiro atoms. The zero-order chi connectivity index (χ0) is 17.4. The van der Waals surface area contributed by atoms with Crippen LogP contribution < -0.4 is 0 Å². The van der Waals surface area contributed by atoms with Crippen LogP contribution in [0.2, 0.25) is 0 Å². The summed E-state index contributed by atoms with van der Waals surface area (Å²) in [7, 11) is 0. The number of fused-ring (bicyclic) bond motifs is 1. The van der Waals surface area contributed by atoms with Gasteiger partial charge in [0.15, 0.2) is 5.17 Å². The quantitative estimate of drug-likeness (QED) is 0.715. The van der Waals surface area contributed by atoms with Gasteiger partial charge >= 0.3 is 5.97 Å². The first kappa shape index (κ1) is 17.2. The van der Waals surface area contributed by atoms with E-state index in [0.717, 1.165) is 10.0 Å². The van der Waals surface area contributed by atoms with Gasteiger partial charge in [-0.05, 0) is 38.5 Å². The van der Waals surface area contributed by atoms with Crippen LogP contribution in [0.15, 0.2) is 45.0 Å². The number of carbonyl (C=O) groups excluding carboxylic acids is 2. The Labute approximate surface area is 153 Å². The minimum Gasteiger partial charge on any atom is -0.463 e. The minimum atomic E-state index is -0.505. The summed E-state index contributed by atoms with van der Waals surface area (Å²) in [4.78, 5) is 31.3. The molecule has 2 aliphatic rings. The van der Waals surface area contributed by atoms with E-state index >= 15 is 0 Å². The van der Waals surface area contributed by atoms with Crippen molar-refractivity contribution >= 4 is 44.7 Å². The summed E-state index contributed by atoms with van der Waals surface area (Å²) in [5.41, 5.74) is 1.88. The number of allylic oxidation sites excluding steroid dienone is 1. The second-order valence-electron chi connectivity index (χ2n) is 5.54. The van der Waals surface area contributed by atoms with Gasteiger partial charge in [0, 0.05) is 4.47 Å². The first-order valence-corrected chi connectivity index (χ1v) is 9.33. The lowest BCUT2D eigenvalue weighted by atomic mass is 9.94. The number of ether oxygens (including phenoxy) is 1. The second-order valence-corrected chi connectivity index (χ2v) is 7.76. The van der Waals surface area contributed by atoms with E-state index in [1.807, 2.05) is 31.2 Å². The lowest BCUT2D eigenvalue weighted by molar-refractivity contribution is -0.139. The van der Waals surface area contributed by atoms with Crippen LogP contribution >= 0.6 is 27.7 Å². The van der Waals surface area contributed by atoms with Gasteiger partial charge in [0.1, 0.15) is 0 Å². The van der Waals surface area contributed by atoms with Gasteiger partial charge in [-0.15, -0.1) is 0 Å². The van der Waals surface area contributed by atoms with E-state index in [9.17, 15) is 9.59 Å². The SMILES string of the molecule is CCOC(=O)C1=C(C)N=C2S[C@H](C)C(=O)N2[C@@H]1c1ccc(Br)cc1. The number of carbonyl (C=O) groups is 2. The number of aliphatic imine (C=N–C) groups is 1. The molecule has 0 aliphatic carbocycles. The third kappa shape index (κ3) is 2.91. The standard InChI is InChI=1S/C17H17BrN2O3S/c1-4-23-16(22)13-9(2)19-17-20(15(21)10(3)24-17)14(13)11-5-7-12(18)8-6-11/h5-8,10,14H,4H2,1-3H3/t10-,14-/m1/s1. The van der Waals surface area contributed by atoms with E-state index in [1.54, 1.807) is 18.7 Å². The highest BCUT2D eigenvalue weighted by atomic mass is 79.9. The number of nitrogens with zero attached hydrogens (tertiary/aromatic N) is 2. The zero-order valence-electron chi connectivity index (χ0n) is 13.6. The van der Waals surface area contributed by atoms with Crippen molar-refractivity contribution in [2.75, 3.05) is 6.61 Å². The molecule has 7 heteroatoms. The highest BCUT2D eigenvalue weighted by Crippen LogP contribution is 2.43. The Bertz CT molecular complexity index is 758. The maximum Gasteiger partial charge on any atom is 0.338 e. The maximum atomic E-state index is 12.7. The van der Waals surface area contributed by atoms with E-state index in [-0.39, 0.29) is 17.8 Å². The van der Waals surface area contributed by atoms with Crippen LogP contribution in [0.5, 0.6) is 0 Å². The molecular formula is C17H17BrN2O3S. The van der Waals surface area contributed by atoms with Gasteiger partial charge in [-0.3, -0.25) is 9.69 Å². The Balaban J connectivity index is 2.14. The van der Waals surface area contributed by atoms with Crippen molar-refractivity contribution < 1.29 is 14.3 Å². The summed E-state index contributed by atoms with van der Waals surface area (Å²) in [5.74, 6) is -0.468. The van der Waals surface area contributed by atoms with Crippen molar-refractivity contribution in [3.05, 3.63) is 45.6 Å². The number of amidine groups is 1. The fourth-order valence-electron chi connectivity index (χ4n) is 2.83. The van der Waals surface area contributed by atoms with Crippen LogP contribution in [0.25, 0.3) is 0 Å². The second kappa shape index (κ2) is 6.72. The Hall–Kier alpha value is -1.60. The molecule has 126 valence electrons. The molecule has 1 amide bonds. The van der Waals surface area contributed by atoms with E-state index in [1.165, 1.54) is 11.8 Å². The van der Waals surface area contributed by atoms with Crippen LogP contribution in [-0.4, -0.2) is 33.8 Å². The van der Waals surface area contributed by atoms with Crippen LogP contribution in [0.3, 0.4) is 0 Å². The molecule has 1 fully saturated rings. The molecule has 2 heterocycles. The lowest BCUT2D eigenvalue weighted by Crippen LogP contribution is -2.40. The minimum absolute atomic E-state index is 0.0408. The fraction of sp³-hybridized carbons (Fsp3) is 0.353. The molecule has 1 aromatic rings. The van der Waals surface area contributed by atoms with Gasteiger partial charge in [-0.25, -0.2) is 9.79 Å². The van der Waals surface area contributed by atoms with Crippen molar-refractivity contribution in [3.8, 4) is 0 Å². The first-order valence-electron chi connectivity index (χ1n) is 7.65. The molecule has 0 bridgehead atoms. The van der Waals surface area contributed by atoms with Crippen LogP contribution in [0.1, 0.15) is 32.4 Å². The highest BCUT2D eigenvalue weighted by Gasteiger charge is 2.46. The Kier molecular flexibility index (Phi) is 4.83. The number of thioether (sulfide) groups is 1. The molecular weight excluding hydrogens is 392 g/mol. The average molecular weight is 409 g/mol. The third-order valence-corrected chi connectivity index (χ3v) is 5.52. The summed E-state index contributed by atoms with van der Waals surface area (Å²) in [5, 5.41) is 0.432. The van der Waals surface area contributed by atoms with Crippen LogP contribution in [-0.2, 0) is 14.3 Å². The van der Waals surface area contributed by atoms with Gasteiger partial charge < -0.3 is 4.74 Å². The van der Waals surface area contributed by atoms with Crippen molar-refractivity contribution in [1.29, 1.82) is 0 Å². The summed E-state index contributed by atoms with van der Waals surface area (Å²) in [6.07, 6.45) is 0. The molecule has 2 aliphatic heterocycles. The monoisotopic (exact) mass is 408 g/mol. The van der Waals surface area contributed by atoms with Gasteiger partial charge in [-0.1, -0.05) is 39.8 Å². The molecule has 0 aromatic heterocycles. The Morgan fingerprint density at radius 3 is 2.67 bits per heavy atom. The molecule has 0 unspecified atom stereocenters. The lowest BCUT2D eigenvalue weighted by Gasteiger charge is -2.33. The number of hydrogen-bond donors (Lipinski definition) is 0. The summed E-state index contributed by atoms with van der Waals surface area (Å²) in [6.45, 7) is 5.68. The summed E-state index contributed by atoms with van der Waals surface area (Å²) >= 11 is 4.84. The molecule has 0 saturated carbocycles. The maximum absolute atomic E-state index is 12.7. The fourth-order valence-corrected chi connectivity index (χ4v) is 4.13. The number of amides is 1. The third-order valence-electron chi connectivity index (χ3n) is 3.94. The Morgan fingerprint density at radius 1 is 1.38 bits per heavy atom. The number of rotatable bonds is 3. The van der Waals surface area contributed by atoms with Crippen molar-refractivity contribution in [1.82, 2.24) is 4.90 Å². The smallest absolute Gasteiger partial charge is 0.338 e. The van der Waals surface area contributed by atoms with E-state index < -0.39 is 12.0 Å². The largest absolute Gasteiger partial charge is 0.463 e. The molecule has 1 aromatic carbocycles. The molecule has 24 heavy (non-hydrogen) atoms. The Morgan fingerprint density at radius 2 is 2.04 bits per heavy atom. The molecule has 2 atom stereocenters. The predicted molar refractivity (Wildman–Crippen MR) is 97.6 cm³/mol. The number of esters is 1. The summed E-state index contributed by atoms with van der Waals surface area (Å²) < 4.78 is 6.15. The predicted octanol–water partition coefficient (Wildman–Crippen LogP) is 3.66. The zero-order valence-corrected chi connectivity index (χ0v) is 16.0. The molecule has 1 saturated heterocycles. The van der Waals surface area contributed by atoms with Crippen molar-refractivity contribution in [2.45, 2.75) is 32.1 Å². The summed E-state index contributed by atoms with van der Waals surface area (Å²) in [6, 6.07) is 7.11. The van der Waals surface area contributed by atoms with Crippen molar-refractivity contribution in [3.63, 3.8) is 0 Å². The topological polar surface area (TPSA) is 59.0 Å².